The fraction of sp³-hybridized carbons (Fsp3) is 0. The molecule has 92 valence electrons. The minimum absolute atomic E-state index is 0.196. The van der Waals surface area contributed by atoms with Crippen molar-refractivity contribution in [2.24, 2.45) is 4.99 Å². The molecule has 0 aliphatic heterocycles. The van der Waals surface area contributed by atoms with Crippen molar-refractivity contribution in [3.63, 3.8) is 0 Å². The first-order valence-corrected chi connectivity index (χ1v) is 5.75. The van der Waals surface area contributed by atoms with E-state index in [0.717, 1.165) is 5.56 Å². The fourth-order valence-corrected chi connectivity index (χ4v) is 1.65. The van der Waals surface area contributed by atoms with Crippen LogP contribution >= 0.6 is 0 Å². The largest absolute Gasteiger partial charge is 0.289 e. The van der Waals surface area contributed by atoms with E-state index < -0.39 is 0 Å². The zero-order chi connectivity index (χ0) is 13.5. The number of hydrogen-bond acceptors (Lipinski definition) is 3. The molecule has 19 heavy (non-hydrogen) atoms. The Labute approximate surface area is 110 Å². The van der Waals surface area contributed by atoms with Crippen LogP contribution in [-0.4, -0.2) is 11.9 Å². The number of ketones is 1. The summed E-state index contributed by atoms with van der Waals surface area (Å²) in [7, 11) is 0. The third-order valence-electron chi connectivity index (χ3n) is 2.56. The third kappa shape index (κ3) is 3.35. The molecule has 0 heterocycles. The molecule has 0 aliphatic rings. The summed E-state index contributed by atoms with van der Waals surface area (Å²) in [4.78, 5) is 25.9. The van der Waals surface area contributed by atoms with E-state index in [1.165, 1.54) is 12.2 Å². The van der Waals surface area contributed by atoms with Gasteiger partial charge in [-0.1, -0.05) is 48.5 Å². The summed E-state index contributed by atoms with van der Waals surface area (Å²) in [6.07, 6.45) is 4.64. The molecule has 0 saturated carbocycles. The Morgan fingerprint density at radius 1 is 1.00 bits per heavy atom. The van der Waals surface area contributed by atoms with Gasteiger partial charge in [0.1, 0.15) is 0 Å². The van der Waals surface area contributed by atoms with Crippen LogP contribution in [0.5, 0.6) is 0 Å². The second kappa shape index (κ2) is 6.24. The Kier molecular flexibility index (Phi) is 4.17. The molecule has 0 atom stereocenters. The van der Waals surface area contributed by atoms with E-state index in [9.17, 15) is 9.59 Å². The van der Waals surface area contributed by atoms with Crippen LogP contribution in [0.15, 0.2) is 65.7 Å². The molecule has 3 nitrogen and oxygen atoms in total. The number of allylic oxidation sites excluding steroid dienone is 1. The molecule has 0 N–H and O–H groups in total. The van der Waals surface area contributed by atoms with Crippen molar-refractivity contribution >= 4 is 23.6 Å². The maximum Gasteiger partial charge on any atom is 0.240 e. The summed E-state index contributed by atoms with van der Waals surface area (Å²) >= 11 is 0. The molecular weight excluding hydrogens is 238 g/mol. The van der Waals surface area contributed by atoms with Gasteiger partial charge < -0.3 is 0 Å². The predicted molar refractivity (Wildman–Crippen MR) is 74.0 cm³/mol. The number of isocyanates is 1. The maximum absolute atomic E-state index is 12.0. The number of hydrogen-bond donors (Lipinski definition) is 0. The Bertz CT molecular complexity index is 653. The van der Waals surface area contributed by atoms with E-state index in [4.69, 9.17) is 0 Å². The van der Waals surface area contributed by atoms with Crippen molar-refractivity contribution in [3.8, 4) is 0 Å². The van der Waals surface area contributed by atoms with Gasteiger partial charge in [0.2, 0.25) is 6.08 Å². The summed E-state index contributed by atoms with van der Waals surface area (Å²) in [6.45, 7) is 0. The smallest absolute Gasteiger partial charge is 0.240 e. The van der Waals surface area contributed by atoms with Crippen LogP contribution in [0.4, 0.5) is 5.69 Å². The van der Waals surface area contributed by atoms with Gasteiger partial charge in [-0.25, -0.2) is 4.79 Å². The molecule has 3 heteroatoms. The molecule has 0 unspecified atom stereocenters. The maximum atomic E-state index is 12.0. The summed E-state index contributed by atoms with van der Waals surface area (Å²) in [5.74, 6) is -0.196. The number of para-hydroxylation sites is 1. The van der Waals surface area contributed by atoms with Crippen molar-refractivity contribution in [3.05, 3.63) is 71.8 Å². The molecule has 0 bridgehead atoms. The minimum Gasteiger partial charge on any atom is -0.289 e. The van der Waals surface area contributed by atoms with Gasteiger partial charge in [-0.3, -0.25) is 4.79 Å². The lowest BCUT2D eigenvalue weighted by atomic mass is 10.1. The number of aliphatic imine (C=N–C) groups is 1. The summed E-state index contributed by atoms with van der Waals surface area (Å²) in [6, 6.07) is 16.2. The van der Waals surface area contributed by atoms with Crippen LogP contribution in [0.25, 0.3) is 6.08 Å². The van der Waals surface area contributed by atoms with Gasteiger partial charge >= 0.3 is 0 Å². The fourth-order valence-electron chi connectivity index (χ4n) is 1.65. The standard InChI is InChI=1S/C16H11NO2/c18-12-17-15-9-5-4-8-14(15)16(19)11-10-13-6-2-1-3-7-13/h1-11H/b11-10+. The molecule has 0 saturated heterocycles. The zero-order valence-corrected chi connectivity index (χ0v) is 10.1. The summed E-state index contributed by atoms with van der Waals surface area (Å²) < 4.78 is 0. The van der Waals surface area contributed by atoms with Crippen molar-refractivity contribution < 1.29 is 9.59 Å². The molecule has 2 rings (SSSR count). The highest BCUT2D eigenvalue weighted by Crippen LogP contribution is 2.19. The second-order valence-electron chi connectivity index (χ2n) is 3.83. The molecule has 0 amide bonds. The number of carbonyl (C=O) groups excluding carboxylic acids is 2. The van der Waals surface area contributed by atoms with Gasteiger partial charge in [-0.05, 0) is 23.8 Å². The van der Waals surface area contributed by atoms with Gasteiger partial charge in [0.15, 0.2) is 5.78 Å². The lowest BCUT2D eigenvalue weighted by Crippen LogP contribution is -1.94. The number of benzene rings is 2. The van der Waals surface area contributed by atoms with Crippen molar-refractivity contribution in [1.82, 2.24) is 0 Å². The highest BCUT2D eigenvalue weighted by molar-refractivity contribution is 6.10. The van der Waals surface area contributed by atoms with Crippen molar-refractivity contribution in [2.45, 2.75) is 0 Å². The Balaban J connectivity index is 2.26. The first kappa shape index (κ1) is 12.7. The topological polar surface area (TPSA) is 46.5 Å². The lowest BCUT2D eigenvalue weighted by molar-refractivity contribution is 0.104. The highest BCUT2D eigenvalue weighted by Gasteiger charge is 2.06. The van der Waals surface area contributed by atoms with Gasteiger partial charge in [0.05, 0.1) is 5.69 Å². The van der Waals surface area contributed by atoms with Crippen LogP contribution in [-0.2, 0) is 4.79 Å². The monoisotopic (exact) mass is 249 g/mol. The molecule has 0 aliphatic carbocycles. The molecule has 0 aromatic heterocycles. The molecule has 2 aromatic carbocycles. The molecule has 0 radical (unpaired) electrons. The Morgan fingerprint density at radius 3 is 2.42 bits per heavy atom. The van der Waals surface area contributed by atoms with Crippen LogP contribution < -0.4 is 0 Å². The number of rotatable bonds is 4. The van der Waals surface area contributed by atoms with E-state index >= 15 is 0 Å². The van der Waals surface area contributed by atoms with Crippen molar-refractivity contribution in [2.75, 3.05) is 0 Å². The van der Waals surface area contributed by atoms with Crippen LogP contribution in [0.3, 0.4) is 0 Å². The van der Waals surface area contributed by atoms with Crippen molar-refractivity contribution in [1.29, 1.82) is 0 Å². The van der Waals surface area contributed by atoms with Gasteiger partial charge in [0, 0.05) is 5.56 Å². The van der Waals surface area contributed by atoms with E-state index in [0.29, 0.717) is 11.3 Å². The second-order valence-corrected chi connectivity index (χ2v) is 3.83. The predicted octanol–water partition coefficient (Wildman–Crippen LogP) is 3.55. The SMILES string of the molecule is O=C=Nc1ccccc1C(=O)/C=C/c1ccccc1. The average molecular weight is 249 g/mol. The summed E-state index contributed by atoms with van der Waals surface area (Å²) in [5.41, 5.74) is 1.66. The van der Waals surface area contributed by atoms with Gasteiger partial charge in [-0.2, -0.15) is 4.99 Å². The lowest BCUT2D eigenvalue weighted by Gasteiger charge is -1.99. The number of carbonyl (C=O) groups is 1. The minimum atomic E-state index is -0.196. The first-order chi connectivity index (χ1) is 9.31. The van der Waals surface area contributed by atoms with Gasteiger partial charge in [0.25, 0.3) is 0 Å². The number of nitrogens with zero attached hydrogens (tertiary/aromatic N) is 1. The normalized spacial score (nSPS) is 10.1. The van der Waals surface area contributed by atoms with E-state index in [2.05, 4.69) is 4.99 Å². The van der Waals surface area contributed by atoms with Gasteiger partial charge in [-0.15, -0.1) is 0 Å². The van der Waals surface area contributed by atoms with Crippen LogP contribution in [0.2, 0.25) is 0 Å². The first-order valence-electron chi connectivity index (χ1n) is 5.75. The van der Waals surface area contributed by atoms with E-state index in [1.54, 1.807) is 30.3 Å². The molecule has 2 aromatic rings. The van der Waals surface area contributed by atoms with Crippen LogP contribution in [0.1, 0.15) is 15.9 Å². The average Bonchev–Trinajstić information content (AvgIpc) is 2.47. The Morgan fingerprint density at radius 2 is 1.68 bits per heavy atom. The van der Waals surface area contributed by atoms with Crippen LogP contribution in [0, 0.1) is 0 Å². The third-order valence-corrected chi connectivity index (χ3v) is 2.56. The molecule has 0 fully saturated rings. The molecule has 0 spiro atoms. The quantitative estimate of drug-likeness (QED) is 0.360. The van der Waals surface area contributed by atoms with E-state index in [1.807, 2.05) is 30.3 Å². The van der Waals surface area contributed by atoms with E-state index in [-0.39, 0.29) is 5.78 Å². The zero-order valence-electron chi connectivity index (χ0n) is 10.1. The Hall–Kier alpha value is -2.77. The highest BCUT2D eigenvalue weighted by atomic mass is 16.1. The summed E-state index contributed by atoms with van der Waals surface area (Å²) in [5, 5.41) is 0. The molecular formula is C16H11NO2.